The summed E-state index contributed by atoms with van der Waals surface area (Å²) in [4.78, 5) is 48.5. The van der Waals surface area contributed by atoms with Crippen LogP contribution in [0.5, 0.6) is 5.75 Å². The lowest BCUT2D eigenvalue weighted by molar-refractivity contribution is -0.125. The number of fused-ring (bicyclic) bond motifs is 2. The van der Waals surface area contributed by atoms with Crippen molar-refractivity contribution in [3.05, 3.63) is 71.4 Å². The second-order valence-corrected chi connectivity index (χ2v) is 8.75. The number of urea groups is 1. The van der Waals surface area contributed by atoms with Crippen LogP contribution < -0.4 is 21.1 Å². The van der Waals surface area contributed by atoms with Gasteiger partial charge in [-0.1, -0.05) is 6.07 Å². The first-order chi connectivity index (χ1) is 17.8. The molecular weight excluding hydrogens is 483 g/mol. The summed E-state index contributed by atoms with van der Waals surface area (Å²) in [6.45, 7) is -0.263. The number of carbonyl (C=O) groups excluding carboxylic acids is 3. The van der Waals surface area contributed by atoms with E-state index in [1.807, 2.05) is 0 Å². The van der Waals surface area contributed by atoms with Gasteiger partial charge in [-0.3, -0.25) is 14.9 Å². The molecule has 0 spiro atoms. The van der Waals surface area contributed by atoms with Gasteiger partial charge in [0.05, 0.1) is 24.9 Å². The summed E-state index contributed by atoms with van der Waals surface area (Å²) in [5.74, 6) is -1.73. The van der Waals surface area contributed by atoms with E-state index in [-0.39, 0.29) is 30.2 Å². The number of nitrogens with one attached hydrogen (secondary N) is 2. The normalized spacial score (nSPS) is 18.8. The van der Waals surface area contributed by atoms with Crippen LogP contribution in [0, 0.1) is 5.82 Å². The third kappa shape index (κ3) is 3.44. The van der Waals surface area contributed by atoms with Crippen molar-refractivity contribution in [2.75, 3.05) is 19.4 Å². The van der Waals surface area contributed by atoms with E-state index in [4.69, 9.17) is 14.9 Å². The van der Waals surface area contributed by atoms with Crippen molar-refractivity contribution in [3.8, 4) is 17.0 Å². The van der Waals surface area contributed by atoms with Crippen molar-refractivity contribution < 1.29 is 27.9 Å². The Morgan fingerprint density at radius 2 is 2.03 bits per heavy atom. The number of anilines is 1. The Balaban J connectivity index is 1.39. The molecule has 0 saturated carbocycles. The molecule has 5 heterocycles. The highest BCUT2D eigenvalue weighted by atomic mass is 19.1. The van der Waals surface area contributed by atoms with Crippen LogP contribution in [0.15, 0.2) is 53.1 Å². The molecule has 0 bridgehead atoms. The fraction of sp³-hybridized carbons (Fsp3) is 0.160. The van der Waals surface area contributed by atoms with E-state index in [0.717, 1.165) is 5.56 Å². The minimum absolute atomic E-state index is 0.0345. The number of rotatable bonds is 5. The molecule has 2 aliphatic rings. The fourth-order valence-corrected chi connectivity index (χ4v) is 4.67. The van der Waals surface area contributed by atoms with Gasteiger partial charge in [0.2, 0.25) is 0 Å². The number of ether oxygens (including phenoxy) is 1. The third-order valence-corrected chi connectivity index (χ3v) is 6.52. The second-order valence-electron chi connectivity index (χ2n) is 8.75. The van der Waals surface area contributed by atoms with Crippen molar-refractivity contribution in [2.45, 2.75) is 12.1 Å². The molecule has 1 fully saturated rings. The molecule has 4 aromatic rings. The second kappa shape index (κ2) is 8.01. The van der Waals surface area contributed by atoms with Gasteiger partial charge in [-0.15, -0.1) is 0 Å². The maximum Gasteiger partial charge on any atom is 0.322 e. The monoisotopic (exact) mass is 502 g/mol. The summed E-state index contributed by atoms with van der Waals surface area (Å²) >= 11 is 0. The van der Waals surface area contributed by atoms with Crippen molar-refractivity contribution in [1.29, 1.82) is 0 Å². The smallest absolute Gasteiger partial charge is 0.322 e. The van der Waals surface area contributed by atoms with Crippen LogP contribution in [0.2, 0.25) is 0 Å². The molecule has 186 valence electrons. The van der Waals surface area contributed by atoms with Gasteiger partial charge in [0.25, 0.3) is 11.8 Å². The van der Waals surface area contributed by atoms with E-state index in [9.17, 15) is 18.8 Å². The lowest BCUT2D eigenvalue weighted by atomic mass is 9.95. The maximum absolute atomic E-state index is 14.8. The standard InChI is InChI=1S/C25H19FN6O5/c1-36-17-5-2-13-10-32(22(33)20(13)21(17)26)11-25(23(34)30-24(35)31-25)18-8-15-16(37-18)6-4-14(29-15)12-3-7-19(27)28-9-12/h2-9H,10-11H2,1H3,(H2,27,28)(H2,30,31,34,35)/t25-/m0/s1. The number of pyridine rings is 2. The third-order valence-electron chi connectivity index (χ3n) is 6.52. The lowest BCUT2D eigenvalue weighted by Gasteiger charge is -2.28. The van der Waals surface area contributed by atoms with Crippen LogP contribution in [-0.2, 0) is 16.9 Å². The Morgan fingerprint density at radius 3 is 2.73 bits per heavy atom. The summed E-state index contributed by atoms with van der Waals surface area (Å²) in [6, 6.07) is 10.6. The number of nitrogen functional groups attached to an aromatic ring is 1. The number of nitrogens with zero attached hydrogens (tertiary/aromatic N) is 3. The summed E-state index contributed by atoms with van der Waals surface area (Å²) in [5.41, 5.74) is 6.32. The Bertz CT molecular complexity index is 1620. The van der Waals surface area contributed by atoms with E-state index in [2.05, 4.69) is 20.6 Å². The van der Waals surface area contributed by atoms with E-state index in [0.29, 0.717) is 28.2 Å². The number of imide groups is 1. The van der Waals surface area contributed by atoms with Crippen LogP contribution >= 0.6 is 0 Å². The van der Waals surface area contributed by atoms with Crippen LogP contribution in [0.3, 0.4) is 0 Å². The number of furan rings is 1. The SMILES string of the molecule is COc1ccc2c(c1F)C(=O)N(C[C@@]1(c3cc4nc(-c5ccc(N)nc5)ccc4o3)NC(=O)NC1=O)C2. The Hall–Kier alpha value is -5.00. The van der Waals surface area contributed by atoms with Crippen LogP contribution in [-0.4, -0.2) is 46.4 Å². The van der Waals surface area contributed by atoms with E-state index in [1.165, 1.54) is 24.1 Å². The highest BCUT2D eigenvalue weighted by Gasteiger charge is 2.53. The lowest BCUT2D eigenvalue weighted by Crippen LogP contribution is -2.52. The van der Waals surface area contributed by atoms with Gasteiger partial charge >= 0.3 is 6.03 Å². The summed E-state index contributed by atoms with van der Waals surface area (Å²) in [5, 5.41) is 4.81. The van der Waals surface area contributed by atoms with Crippen LogP contribution in [0.1, 0.15) is 21.7 Å². The molecule has 12 heteroatoms. The predicted octanol–water partition coefficient (Wildman–Crippen LogP) is 2.31. The first kappa shape index (κ1) is 22.5. The van der Waals surface area contributed by atoms with E-state index < -0.39 is 29.2 Å². The molecule has 0 aliphatic carbocycles. The van der Waals surface area contributed by atoms with Crippen molar-refractivity contribution in [3.63, 3.8) is 0 Å². The van der Waals surface area contributed by atoms with Gasteiger partial charge in [-0.05, 0) is 35.9 Å². The van der Waals surface area contributed by atoms with Gasteiger partial charge in [-0.25, -0.2) is 19.2 Å². The number of nitrogens with two attached hydrogens (primary N) is 1. The van der Waals surface area contributed by atoms with Crippen LogP contribution in [0.4, 0.5) is 15.0 Å². The molecule has 1 aromatic carbocycles. The molecule has 0 radical (unpaired) electrons. The number of benzene rings is 1. The highest BCUT2D eigenvalue weighted by Crippen LogP contribution is 2.36. The van der Waals surface area contributed by atoms with Gasteiger partial charge < -0.3 is 25.1 Å². The number of halogens is 1. The zero-order chi connectivity index (χ0) is 25.9. The zero-order valence-electron chi connectivity index (χ0n) is 19.4. The molecule has 1 saturated heterocycles. The minimum Gasteiger partial charge on any atom is -0.494 e. The zero-order valence-corrected chi connectivity index (χ0v) is 19.4. The number of carbonyl (C=O) groups is 3. The molecule has 4 N–H and O–H groups in total. The Labute approximate surface area is 208 Å². The van der Waals surface area contributed by atoms with Crippen LogP contribution in [0.25, 0.3) is 22.4 Å². The highest BCUT2D eigenvalue weighted by molar-refractivity contribution is 6.08. The average Bonchev–Trinajstić information content (AvgIpc) is 3.53. The summed E-state index contributed by atoms with van der Waals surface area (Å²) < 4.78 is 25.8. The predicted molar refractivity (Wildman–Crippen MR) is 128 cm³/mol. The van der Waals surface area contributed by atoms with Crippen molar-refractivity contribution in [1.82, 2.24) is 25.5 Å². The maximum atomic E-state index is 14.8. The van der Waals surface area contributed by atoms with Gasteiger partial charge in [0, 0.05) is 24.4 Å². The molecule has 1 atom stereocenters. The molecule has 3 aromatic heterocycles. The largest absolute Gasteiger partial charge is 0.494 e. The molecule has 37 heavy (non-hydrogen) atoms. The average molecular weight is 502 g/mol. The first-order valence-electron chi connectivity index (χ1n) is 11.2. The minimum atomic E-state index is -1.75. The number of amides is 4. The molecule has 4 amide bonds. The van der Waals surface area contributed by atoms with Gasteiger partial charge in [0.15, 0.2) is 22.7 Å². The quantitative estimate of drug-likeness (QED) is 0.352. The Kier molecular flexibility index (Phi) is 4.87. The number of aromatic nitrogens is 2. The number of methoxy groups -OCH3 is 1. The molecular formula is C25H19FN6O5. The van der Waals surface area contributed by atoms with E-state index in [1.54, 1.807) is 36.5 Å². The van der Waals surface area contributed by atoms with Gasteiger partial charge in [-0.2, -0.15) is 0 Å². The first-order valence-corrected chi connectivity index (χ1v) is 11.2. The number of hydrogen-bond acceptors (Lipinski definition) is 8. The Morgan fingerprint density at radius 1 is 1.19 bits per heavy atom. The molecule has 6 rings (SSSR count). The molecule has 11 nitrogen and oxygen atoms in total. The molecule has 2 aliphatic heterocycles. The van der Waals surface area contributed by atoms with Crippen molar-refractivity contribution >= 4 is 34.8 Å². The fourth-order valence-electron chi connectivity index (χ4n) is 4.67. The topological polar surface area (TPSA) is 153 Å². The molecule has 0 unspecified atom stereocenters. The number of hydrogen-bond donors (Lipinski definition) is 3. The summed E-state index contributed by atoms with van der Waals surface area (Å²) in [7, 11) is 1.31. The van der Waals surface area contributed by atoms with Gasteiger partial charge in [0.1, 0.15) is 17.1 Å². The van der Waals surface area contributed by atoms with Crippen molar-refractivity contribution in [2.24, 2.45) is 0 Å². The summed E-state index contributed by atoms with van der Waals surface area (Å²) in [6.07, 6.45) is 1.58. The van der Waals surface area contributed by atoms with E-state index >= 15 is 0 Å².